The Kier molecular flexibility index (Phi) is 5.69. The van der Waals surface area contributed by atoms with Crippen LogP contribution < -0.4 is 0 Å². The number of hydrogen-bond acceptors (Lipinski definition) is 1. The second kappa shape index (κ2) is 7.07. The first-order valence-electron chi connectivity index (χ1n) is 6.89. The monoisotopic (exact) mass is 435 g/mol. The molecule has 0 bridgehead atoms. The molecule has 2 rings (SSSR count). The van der Waals surface area contributed by atoms with Crippen LogP contribution in [-0.2, 0) is 0 Å². The lowest BCUT2D eigenvalue weighted by Gasteiger charge is -2.29. The van der Waals surface area contributed by atoms with E-state index in [1.54, 1.807) is 0 Å². The summed E-state index contributed by atoms with van der Waals surface area (Å²) in [4.78, 5) is 14.9. The number of nitrogens with zero attached hydrogens (tertiary/aromatic N) is 1. The third-order valence-electron chi connectivity index (χ3n) is 3.77. The zero-order valence-electron chi connectivity index (χ0n) is 11.2. The summed E-state index contributed by atoms with van der Waals surface area (Å²) in [6.07, 6.45) is 5.81. The molecule has 0 N–H and O–H groups in total. The Morgan fingerprint density at radius 1 is 1.42 bits per heavy atom. The first kappa shape index (κ1) is 15.3. The Morgan fingerprint density at radius 3 is 2.95 bits per heavy atom. The number of rotatable bonds is 2. The SMILES string of the molecule is CCC1CCCCCN1C(=O)c1cc(I)ccc1Br. The fourth-order valence-electron chi connectivity index (χ4n) is 2.69. The highest BCUT2D eigenvalue weighted by Gasteiger charge is 2.26. The molecule has 1 amide bonds. The van der Waals surface area contributed by atoms with Crippen LogP contribution in [-0.4, -0.2) is 23.4 Å². The molecule has 4 heteroatoms. The van der Waals surface area contributed by atoms with Gasteiger partial charge in [0.15, 0.2) is 0 Å². The molecule has 1 atom stereocenters. The van der Waals surface area contributed by atoms with E-state index in [1.807, 2.05) is 18.2 Å². The number of likely N-dealkylation sites (tertiary alicyclic amines) is 1. The van der Waals surface area contributed by atoms with Crippen molar-refractivity contribution in [1.29, 1.82) is 0 Å². The van der Waals surface area contributed by atoms with Crippen molar-refractivity contribution in [3.8, 4) is 0 Å². The molecule has 1 fully saturated rings. The standard InChI is InChI=1S/C15H19BrINO/c1-2-12-6-4-3-5-9-18(12)15(19)13-10-11(17)7-8-14(13)16/h7-8,10,12H,2-6,9H2,1H3. The predicted octanol–water partition coefficient (Wildman–Crippen LogP) is 4.85. The van der Waals surface area contributed by atoms with E-state index in [2.05, 4.69) is 50.3 Å². The molecule has 0 aliphatic carbocycles. The maximum absolute atomic E-state index is 12.8. The van der Waals surface area contributed by atoms with Crippen molar-refractivity contribution in [2.45, 2.75) is 45.1 Å². The summed E-state index contributed by atoms with van der Waals surface area (Å²) < 4.78 is 2.00. The summed E-state index contributed by atoms with van der Waals surface area (Å²) in [5.41, 5.74) is 0.798. The van der Waals surface area contributed by atoms with Crippen LogP contribution >= 0.6 is 38.5 Å². The number of benzene rings is 1. The highest BCUT2D eigenvalue weighted by Crippen LogP contribution is 2.25. The molecule has 0 spiro atoms. The third-order valence-corrected chi connectivity index (χ3v) is 5.13. The zero-order chi connectivity index (χ0) is 13.8. The van der Waals surface area contributed by atoms with E-state index in [4.69, 9.17) is 0 Å². The van der Waals surface area contributed by atoms with E-state index in [9.17, 15) is 4.79 Å². The molecule has 104 valence electrons. The molecule has 0 radical (unpaired) electrons. The van der Waals surface area contributed by atoms with Crippen molar-refractivity contribution < 1.29 is 4.79 Å². The third kappa shape index (κ3) is 3.72. The Hall–Kier alpha value is -0.100. The number of halogens is 2. The van der Waals surface area contributed by atoms with Gasteiger partial charge in [-0.25, -0.2) is 0 Å². The number of amides is 1. The van der Waals surface area contributed by atoms with Gasteiger partial charge in [0.2, 0.25) is 0 Å². The van der Waals surface area contributed by atoms with Gasteiger partial charge in [0.1, 0.15) is 0 Å². The second-order valence-electron chi connectivity index (χ2n) is 5.03. The van der Waals surface area contributed by atoms with E-state index >= 15 is 0 Å². The smallest absolute Gasteiger partial charge is 0.255 e. The van der Waals surface area contributed by atoms with Crippen LogP contribution in [0.4, 0.5) is 0 Å². The van der Waals surface area contributed by atoms with Crippen LogP contribution in [0.1, 0.15) is 49.4 Å². The van der Waals surface area contributed by atoms with Gasteiger partial charge in [0, 0.05) is 20.6 Å². The quantitative estimate of drug-likeness (QED) is 0.608. The average molecular weight is 436 g/mol. The Balaban J connectivity index is 2.27. The van der Waals surface area contributed by atoms with E-state index < -0.39 is 0 Å². The van der Waals surface area contributed by atoms with Gasteiger partial charge in [-0.3, -0.25) is 4.79 Å². The lowest BCUT2D eigenvalue weighted by molar-refractivity contribution is 0.0677. The fraction of sp³-hybridized carbons (Fsp3) is 0.533. The van der Waals surface area contributed by atoms with Gasteiger partial charge in [-0.05, 0) is 76.0 Å². The van der Waals surface area contributed by atoms with E-state index in [-0.39, 0.29) is 5.91 Å². The molecule has 19 heavy (non-hydrogen) atoms. The Bertz CT molecular complexity index is 463. The summed E-state index contributed by atoms with van der Waals surface area (Å²) in [6.45, 7) is 3.08. The van der Waals surface area contributed by atoms with Crippen molar-refractivity contribution in [2.24, 2.45) is 0 Å². The zero-order valence-corrected chi connectivity index (χ0v) is 14.9. The largest absolute Gasteiger partial charge is 0.336 e. The summed E-state index contributed by atoms with van der Waals surface area (Å²) >= 11 is 5.77. The molecule has 1 saturated heterocycles. The molecule has 1 aliphatic rings. The molecule has 1 aromatic rings. The first-order chi connectivity index (χ1) is 9.13. The molecular formula is C15H19BrINO. The minimum Gasteiger partial charge on any atom is -0.336 e. The summed E-state index contributed by atoms with van der Waals surface area (Å²) in [5, 5.41) is 0. The second-order valence-corrected chi connectivity index (χ2v) is 7.13. The molecule has 2 nitrogen and oxygen atoms in total. The van der Waals surface area contributed by atoms with Gasteiger partial charge >= 0.3 is 0 Å². The normalized spacial score (nSPS) is 20.2. The topological polar surface area (TPSA) is 20.3 Å². The minimum absolute atomic E-state index is 0.180. The van der Waals surface area contributed by atoms with E-state index in [0.717, 1.165) is 39.4 Å². The Morgan fingerprint density at radius 2 is 2.21 bits per heavy atom. The van der Waals surface area contributed by atoms with Crippen molar-refractivity contribution in [3.05, 3.63) is 31.8 Å². The fourth-order valence-corrected chi connectivity index (χ4v) is 3.59. The highest BCUT2D eigenvalue weighted by atomic mass is 127. The molecular weight excluding hydrogens is 417 g/mol. The molecule has 1 heterocycles. The van der Waals surface area contributed by atoms with Crippen LogP contribution in [0.25, 0.3) is 0 Å². The lowest BCUT2D eigenvalue weighted by atomic mass is 10.1. The minimum atomic E-state index is 0.180. The average Bonchev–Trinajstić information content (AvgIpc) is 2.65. The van der Waals surface area contributed by atoms with Gasteiger partial charge in [-0.15, -0.1) is 0 Å². The van der Waals surface area contributed by atoms with Crippen LogP contribution in [0.15, 0.2) is 22.7 Å². The van der Waals surface area contributed by atoms with Crippen molar-refractivity contribution in [2.75, 3.05) is 6.54 Å². The van der Waals surface area contributed by atoms with E-state index in [0.29, 0.717) is 6.04 Å². The van der Waals surface area contributed by atoms with Gasteiger partial charge in [-0.1, -0.05) is 19.8 Å². The van der Waals surface area contributed by atoms with Crippen molar-refractivity contribution in [1.82, 2.24) is 4.90 Å². The number of carbonyl (C=O) groups excluding carboxylic acids is 1. The number of hydrogen-bond donors (Lipinski definition) is 0. The molecule has 0 saturated carbocycles. The van der Waals surface area contributed by atoms with Crippen LogP contribution in [0.5, 0.6) is 0 Å². The summed E-state index contributed by atoms with van der Waals surface area (Å²) in [7, 11) is 0. The van der Waals surface area contributed by atoms with Gasteiger partial charge in [0.25, 0.3) is 5.91 Å². The lowest BCUT2D eigenvalue weighted by Crippen LogP contribution is -2.39. The summed E-state index contributed by atoms with van der Waals surface area (Å²) in [6, 6.07) is 6.36. The molecule has 1 unspecified atom stereocenters. The molecule has 1 aromatic carbocycles. The van der Waals surface area contributed by atoms with E-state index in [1.165, 1.54) is 12.8 Å². The summed E-state index contributed by atoms with van der Waals surface area (Å²) in [5.74, 6) is 0.180. The Labute approximate surface area is 137 Å². The molecule has 0 aromatic heterocycles. The highest BCUT2D eigenvalue weighted by molar-refractivity contribution is 14.1. The van der Waals surface area contributed by atoms with Crippen molar-refractivity contribution >= 4 is 44.4 Å². The van der Waals surface area contributed by atoms with Gasteiger partial charge in [0.05, 0.1) is 5.56 Å². The number of carbonyl (C=O) groups is 1. The van der Waals surface area contributed by atoms with Crippen LogP contribution in [0.2, 0.25) is 0 Å². The first-order valence-corrected chi connectivity index (χ1v) is 8.76. The van der Waals surface area contributed by atoms with Crippen molar-refractivity contribution in [3.63, 3.8) is 0 Å². The maximum atomic E-state index is 12.8. The van der Waals surface area contributed by atoms with Crippen LogP contribution in [0.3, 0.4) is 0 Å². The predicted molar refractivity (Wildman–Crippen MR) is 90.4 cm³/mol. The molecule has 1 aliphatic heterocycles. The van der Waals surface area contributed by atoms with Gasteiger partial charge in [-0.2, -0.15) is 0 Å². The maximum Gasteiger partial charge on any atom is 0.255 e. The van der Waals surface area contributed by atoms with Crippen LogP contribution in [0, 0.1) is 3.57 Å². The van der Waals surface area contributed by atoms with Gasteiger partial charge < -0.3 is 4.90 Å².